The molecule has 0 bridgehead atoms. The Kier molecular flexibility index (Phi) is 6.03. The van der Waals surface area contributed by atoms with E-state index >= 15 is 0 Å². The third kappa shape index (κ3) is 4.09. The molecule has 1 N–H and O–H groups in total. The highest BCUT2D eigenvalue weighted by Gasteiger charge is 2.13. The summed E-state index contributed by atoms with van der Waals surface area (Å²) < 4.78 is 0. The van der Waals surface area contributed by atoms with Gasteiger partial charge in [0.15, 0.2) is 0 Å². The quantitative estimate of drug-likeness (QED) is 0.578. The van der Waals surface area contributed by atoms with Gasteiger partial charge in [-0.3, -0.25) is 0 Å². The van der Waals surface area contributed by atoms with Gasteiger partial charge in [-0.05, 0) is 19.3 Å². The Morgan fingerprint density at radius 2 is 1.73 bits per heavy atom. The number of halogens is 1. The average molecular weight is 180 g/mol. The summed E-state index contributed by atoms with van der Waals surface area (Å²) >= 11 is 4.64. The molecule has 0 saturated carbocycles. The summed E-state index contributed by atoms with van der Waals surface area (Å²) in [6.45, 7) is 1.46. The Morgan fingerprint density at radius 3 is 2.00 bits per heavy atom. The van der Waals surface area contributed by atoms with Crippen LogP contribution >= 0.6 is 11.6 Å². The van der Waals surface area contributed by atoms with Crippen molar-refractivity contribution in [3.63, 3.8) is 0 Å². The van der Waals surface area contributed by atoms with Crippen LogP contribution < -0.4 is 0 Å². The highest BCUT2D eigenvalue weighted by molar-refractivity contribution is 6.15. The molecule has 0 aromatic heterocycles. The van der Waals surface area contributed by atoms with Crippen molar-refractivity contribution in [2.24, 2.45) is 0 Å². The van der Waals surface area contributed by atoms with E-state index in [0.29, 0.717) is 0 Å². The molecule has 0 aromatic carbocycles. The normalized spacial score (nSPS) is 16.7. The first kappa shape index (κ1) is 10.6. The van der Waals surface area contributed by atoms with Crippen molar-refractivity contribution < 1.29 is 9.90 Å². The standard InChI is InChI=1S/C6H11NO2.CH3Cl/c8-6(9)7-4-2-1-3-5-7;1-2/h1-5H2,(H,8,9);1H3. The van der Waals surface area contributed by atoms with Crippen LogP contribution in [0.4, 0.5) is 4.79 Å². The van der Waals surface area contributed by atoms with Crippen molar-refractivity contribution in [2.45, 2.75) is 19.3 Å². The summed E-state index contributed by atoms with van der Waals surface area (Å²) in [4.78, 5) is 11.8. The molecule has 1 fully saturated rings. The van der Waals surface area contributed by atoms with Gasteiger partial charge in [-0.15, -0.1) is 11.6 Å². The molecule has 1 heterocycles. The van der Waals surface area contributed by atoms with Gasteiger partial charge in [-0.1, -0.05) is 0 Å². The summed E-state index contributed by atoms with van der Waals surface area (Å²) in [5.41, 5.74) is 0. The fourth-order valence-corrected chi connectivity index (χ4v) is 1.09. The lowest BCUT2D eigenvalue weighted by atomic mass is 10.1. The van der Waals surface area contributed by atoms with Crippen molar-refractivity contribution in [1.82, 2.24) is 4.90 Å². The fourth-order valence-electron chi connectivity index (χ4n) is 1.09. The molecule has 0 spiro atoms. The molecule has 1 amide bonds. The van der Waals surface area contributed by atoms with Crippen LogP contribution in [0.2, 0.25) is 0 Å². The van der Waals surface area contributed by atoms with E-state index in [0.717, 1.165) is 25.9 Å². The summed E-state index contributed by atoms with van der Waals surface area (Å²) in [6.07, 6.45) is 3.96. The number of hydrogen-bond donors (Lipinski definition) is 1. The van der Waals surface area contributed by atoms with E-state index in [1.165, 1.54) is 17.7 Å². The Bertz CT molecular complexity index is 113. The molecule has 0 aliphatic carbocycles. The first-order chi connectivity index (χ1) is 5.30. The zero-order valence-corrected chi connectivity index (χ0v) is 7.47. The molecule has 1 aliphatic heterocycles. The summed E-state index contributed by atoms with van der Waals surface area (Å²) in [6, 6.07) is 0. The number of hydrogen-bond acceptors (Lipinski definition) is 1. The fraction of sp³-hybridized carbons (Fsp3) is 0.857. The summed E-state index contributed by atoms with van der Waals surface area (Å²) in [5, 5.41) is 8.46. The van der Waals surface area contributed by atoms with Crippen LogP contribution in [0.5, 0.6) is 0 Å². The number of rotatable bonds is 0. The molecule has 0 radical (unpaired) electrons. The maximum Gasteiger partial charge on any atom is 0.407 e. The molecule has 4 heteroatoms. The van der Waals surface area contributed by atoms with E-state index in [4.69, 9.17) is 5.11 Å². The van der Waals surface area contributed by atoms with Crippen LogP contribution in [-0.4, -0.2) is 35.6 Å². The van der Waals surface area contributed by atoms with Gasteiger partial charge in [0, 0.05) is 19.5 Å². The van der Waals surface area contributed by atoms with Crippen molar-refractivity contribution in [3.8, 4) is 0 Å². The Balaban J connectivity index is 0.000000461. The highest BCUT2D eigenvalue weighted by Crippen LogP contribution is 2.07. The van der Waals surface area contributed by atoms with Crippen LogP contribution in [0.1, 0.15) is 19.3 Å². The van der Waals surface area contributed by atoms with Gasteiger partial charge in [0.2, 0.25) is 0 Å². The Morgan fingerprint density at radius 1 is 1.27 bits per heavy atom. The van der Waals surface area contributed by atoms with Crippen LogP contribution in [0.15, 0.2) is 0 Å². The maximum atomic E-state index is 10.3. The molecular weight excluding hydrogens is 166 g/mol. The van der Waals surface area contributed by atoms with E-state index in [-0.39, 0.29) is 0 Å². The minimum absolute atomic E-state index is 0.731. The molecule has 1 aliphatic rings. The van der Waals surface area contributed by atoms with Gasteiger partial charge in [0.1, 0.15) is 0 Å². The third-order valence-corrected chi connectivity index (χ3v) is 1.63. The molecule has 0 atom stereocenters. The number of nitrogens with zero attached hydrogens (tertiary/aromatic N) is 1. The van der Waals surface area contributed by atoms with Crippen LogP contribution in [0, 0.1) is 0 Å². The second kappa shape index (κ2) is 6.28. The predicted octanol–water partition coefficient (Wildman–Crippen LogP) is 2.01. The smallest absolute Gasteiger partial charge is 0.407 e. The van der Waals surface area contributed by atoms with Crippen LogP contribution in [0.25, 0.3) is 0 Å². The van der Waals surface area contributed by atoms with E-state index in [9.17, 15) is 4.79 Å². The Labute approximate surface area is 71.9 Å². The molecule has 1 saturated heterocycles. The minimum atomic E-state index is -0.769. The number of carboxylic acid groups (broad SMARTS) is 1. The first-order valence-electron chi connectivity index (χ1n) is 3.66. The van der Waals surface area contributed by atoms with Crippen molar-refractivity contribution in [2.75, 3.05) is 19.5 Å². The molecular formula is C7H14ClNO2. The van der Waals surface area contributed by atoms with Crippen molar-refractivity contribution in [1.29, 1.82) is 0 Å². The molecule has 0 unspecified atom stereocenters. The molecule has 0 aromatic rings. The summed E-state index contributed by atoms with van der Waals surface area (Å²) in [5.74, 6) is 0. The number of alkyl halides is 1. The van der Waals surface area contributed by atoms with Gasteiger partial charge in [-0.2, -0.15) is 0 Å². The summed E-state index contributed by atoms with van der Waals surface area (Å²) in [7, 11) is 0. The van der Waals surface area contributed by atoms with Crippen LogP contribution in [0.3, 0.4) is 0 Å². The molecule has 66 valence electrons. The topological polar surface area (TPSA) is 40.5 Å². The SMILES string of the molecule is CCl.O=C(O)N1CCCCC1. The van der Waals surface area contributed by atoms with Crippen molar-refractivity contribution in [3.05, 3.63) is 0 Å². The molecule has 11 heavy (non-hydrogen) atoms. The zero-order chi connectivity index (χ0) is 8.69. The van der Waals surface area contributed by atoms with E-state index in [1.54, 1.807) is 0 Å². The highest BCUT2D eigenvalue weighted by atomic mass is 35.5. The third-order valence-electron chi connectivity index (χ3n) is 1.63. The lowest BCUT2D eigenvalue weighted by Gasteiger charge is -2.22. The lowest BCUT2D eigenvalue weighted by molar-refractivity contribution is 0.136. The maximum absolute atomic E-state index is 10.3. The zero-order valence-electron chi connectivity index (χ0n) is 6.72. The van der Waals surface area contributed by atoms with Crippen LogP contribution in [-0.2, 0) is 0 Å². The molecule has 3 nitrogen and oxygen atoms in total. The minimum Gasteiger partial charge on any atom is -0.465 e. The number of piperidine rings is 1. The second-order valence-corrected chi connectivity index (χ2v) is 2.33. The van der Waals surface area contributed by atoms with Gasteiger partial charge in [-0.25, -0.2) is 4.79 Å². The Hall–Kier alpha value is -0.440. The largest absolute Gasteiger partial charge is 0.465 e. The van der Waals surface area contributed by atoms with Crippen molar-refractivity contribution >= 4 is 17.7 Å². The predicted molar refractivity (Wildman–Crippen MR) is 45.2 cm³/mol. The van der Waals surface area contributed by atoms with Gasteiger partial charge in [0.25, 0.3) is 0 Å². The number of carbonyl (C=O) groups is 1. The number of amides is 1. The van der Waals surface area contributed by atoms with Gasteiger partial charge in [0.05, 0.1) is 0 Å². The second-order valence-electron chi connectivity index (χ2n) is 2.33. The average Bonchev–Trinajstić information content (AvgIpc) is 2.10. The lowest BCUT2D eigenvalue weighted by Crippen LogP contribution is -2.34. The van der Waals surface area contributed by atoms with E-state index in [1.807, 2.05) is 0 Å². The van der Waals surface area contributed by atoms with Gasteiger partial charge < -0.3 is 10.0 Å². The monoisotopic (exact) mass is 179 g/mol. The number of likely N-dealkylation sites (tertiary alicyclic amines) is 1. The molecule has 1 rings (SSSR count). The van der Waals surface area contributed by atoms with Gasteiger partial charge >= 0.3 is 6.09 Å². The van der Waals surface area contributed by atoms with E-state index < -0.39 is 6.09 Å². The van der Waals surface area contributed by atoms with E-state index in [2.05, 4.69) is 11.6 Å². The first-order valence-corrected chi connectivity index (χ1v) is 4.42.